The maximum atomic E-state index is 9.75. The first-order valence-corrected chi connectivity index (χ1v) is 7.25. The standard InChI is InChI=1S/C16H27NO2/c1-3-5-11-16(4-2,13-19)17-15(12-18)14-9-7-6-8-10-14/h6-10,15,17-19H,3-5,11-13H2,1-2H3/t15-,16+/m0/s1. The number of benzene rings is 1. The number of rotatable bonds is 9. The largest absolute Gasteiger partial charge is 0.394 e. The van der Waals surface area contributed by atoms with E-state index in [9.17, 15) is 10.2 Å². The smallest absolute Gasteiger partial charge is 0.0626 e. The maximum absolute atomic E-state index is 9.75. The second kappa shape index (κ2) is 8.31. The third-order valence-electron chi connectivity index (χ3n) is 3.85. The molecule has 0 spiro atoms. The summed E-state index contributed by atoms with van der Waals surface area (Å²) in [6.07, 6.45) is 3.97. The summed E-state index contributed by atoms with van der Waals surface area (Å²) >= 11 is 0. The molecule has 0 aliphatic rings. The first-order chi connectivity index (χ1) is 9.21. The molecule has 3 N–H and O–H groups in total. The van der Waals surface area contributed by atoms with E-state index < -0.39 is 0 Å². The average Bonchev–Trinajstić information content (AvgIpc) is 2.49. The van der Waals surface area contributed by atoms with Crippen LogP contribution in [0.25, 0.3) is 0 Å². The van der Waals surface area contributed by atoms with Gasteiger partial charge in [0.15, 0.2) is 0 Å². The molecule has 0 aliphatic heterocycles. The van der Waals surface area contributed by atoms with Crippen LogP contribution in [0.3, 0.4) is 0 Å². The monoisotopic (exact) mass is 265 g/mol. The molecule has 0 unspecified atom stereocenters. The molecule has 0 bridgehead atoms. The van der Waals surface area contributed by atoms with Crippen molar-refractivity contribution in [3.8, 4) is 0 Å². The number of hydrogen-bond acceptors (Lipinski definition) is 3. The molecule has 0 aromatic heterocycles. The van der Waals surface area contributed by atoms with E-state index >= 15 is 0 Å². The molecule has 1 aromatic rings. The fourth-order valence-electron chi connectivity index (χ4n) is 2.39. The van der Waals surface area contributed by atoms with Crippen LogP contribution in [0.5, 0.6) is 0 Å². The van der Waals surface area contributed by atoms with E-state index in [-0.39, 0.29) is 24.8 Å². The van der Waals surface area contributed by atoms with E-state index in [1.807, 2.05) is 30.3 Å². The van der Waals surface area contributed by atoms with Crippen LogP contribution in [0, 0.1) is 0 Å². The summed E-state index contributed by atoms with van der Waals surface area (Å²) in [6.45, 7) is 4.38. The van der Waals surface area contributed by atoms with Crippen LogP contribution in [-0.4, -0.2) is 29.0 Å². The summed E-state index contributed by atoms with van der Waals surface area (Å²) in [5, 5.41) is 22.8. The second-order valence-electron chi connectivity index (χ2n) is 5.19. The Bertz CT molecular complexity index is 336. The molecule has 0 fully saturated rings. The van der Waals surface area contributed by atoms with E-state index in [1.165, 1.54) is 0 Å². The molecule has 108 valence electrons. The molecule has 3 nitrogen and oxygen atoms in total. The van der Waals surface area contributed by atoms with Gasteiger partial charge >= 0.3 is 0 Å². The summed E-state index contributed by atoms with van der Waals surface area (Å²) < 4.78 is 0. The van der Waals surface area contributed by atoms with Gasteiger partial charge in [-0.1, -0.05) is 57.0 Å². The van der Waals surface area contributed by atoms with Crippen molar-refractivity contribution >= 4 is 0 Å². The normalized spacial score (nSPS) is 16.0. The quantitative estimate of drug-likeness (QED) is 0.643. The average molecular weight is 265 g/mol. The Hall–Kier alpha value is -0.900. The topological polar surface area (TPSA) is 52.5 Å². The highest BCUT2D eigenvalue weighted by Gasteiger charge is 2.29. The molecule has 2 atom stereocenters. The van der Waals surface area contributed by atoms with Gasteiger partial charge in [-0.2, -0.15) is 0 Å². The Kier molecular flexibility index (Phi) is 7.06. The Morgan fingerprint density at radius 2 is 1.84 bits per heavy atom. The van der Waals surface area contributed by atoms with Gasteiger partial charge in [0, 0.05) is 5.54 Å². The van der Waals surface area contributed by atoms with Crippen molar-refractivity contribution in [2.24, 2.45) is 0 Å². The molecule has 0 saturated carbocycles. The summed E-state index contributed by atoms with van der Waals surface area (Å²) in [7, 11) is 0. The highest BCUT2D eigenvalue weighted by Crippen LogP contribution is 2.23. The minimum absolute atomic E-state index is 0.0396. The van der Waals surface area contributed by atoms with Crippen LogP contribution in [0.4, 0.5) is 0 Å². The summed E-state index contributed by atoms with van der Waals surface area (Å²) in [6, 6.07) is 9.80. The van der Waals surface area contributed by atoms with Crippen LogP contribution in [0.1, 0.15) is 51.1 Å². The van der Waals surface area contributed by atoms with E-state index in [0.29, 0.717) is 0 Å². The second-order valence-corrected chi connectivity index (χ2v) is 5.19. The molecule has 1 rings (SSSR count). The number of unbranched alkanes of at least 4 members (excludes halogenated alkanes) is 1. The molecule has 0 heterocycles. The van der Waals surface area contributed by atoms with Gasteiger partial charge in [0.05, 0.1) is 19.3 Å². The maximum Gasteiger partial charge on any atom is 0.0626 e. The van der Waals surface area contributed by atoms with Crippen LogP contribution in [0.15, 0.2) is 30.3 Å². The lowest BCUT2D eigenvalue weighted by Gasteiger charge is -2.36. The zero-order valence-corrected chi connectivity index (χ0v) is 12.1. The Morgan fingerprint density at radius 1 is 1.16 bits per heavy atom. The number of hydrogen-bond donors (Lipinski definition) is 3. The van der Waals surface area contributed by atoms with Gasteiger partial charge in [0.25, 0.3) is 0 Å². The van der Waals surface area contributed by atoms with Crippen molar-refractivity contribution in [1.29, 1.82) is 0 Å². The summed E-state index contributed by atoms with van der Waals surface area (Å²) in [5.74, 6) is 0. The Labute approximate surface area is 116 Å². The molecule has 0 amide bonds. The zero-order valence-electron chi connectivity index (χ0n) is 12.1. The van der Waals surface area contributed by atoms with E-state index in [2.05, 4.69) is 19.2 Å². The van der Waals surface area contributed by atoms with Gasteiger partial charge in [-0.05, 0) is 18.4 Å². The zero-order chi connectivity index (χ0) is 14.1. The molecule has 1 aromatic carbocycles. The SMILES string of the molecule is CCCC[C@](CC)(CO)N[C@@H](CO)c1ccccc1. The van der Waals surface area contributed by atoms with E-state index in [4.69, 9.17) is 0 Å². The molecule has 3 heteroatoms. The minimum atomic E-state index is -0.292. The lowest BCUT2D eigenvalue weighted by Crippen LogP contribution is -2.50. The fraction of sp³-hybridized carbons (Fsp3) is 0.625. The number of nitrogens with one attached hydrogen (secondary N) is 1. The first-order valence-electron chi connectivity index (χ1n) is 7.25. The molecular weight excluding hydrogens is 238 g/mol. The third kappa shape index (κ3) is 4.60. The van der Waals surface area contributed by atoms with Crippen molar-refractivity contribution in [3.63, 3.8) is 0 Å². The predicted octanol–water partition coefficient (Wildman–Crippen LogP) is 2.64. The summed E-state index contributed by atoms with van der Waals surface area (Å²) in [4.78, 5) is 0. The van der Waals surface area contributed by atoms with Crippen molar-refractivity contribution < 1.29 is 10.2 Å². The van der Waals surface area contributed by atoms with Crippen molar-refractivity contribution in [2.45, 2.75) is 51.1 Å². The lowest BCUT2D eigenvalue weighted by molar-refractivity contribution is 0.113. The van der Waals surface area contributed by atoms with Gasteiger partial charge in [-0.3, -0.25) is 0 Å². The van der Waals surface area contributed by atoms with Crippen molar-refractivity contribution in [3.05, 3.63) is 35.9 Å². The Morgan fingerprint density at radius 3 is 2.32 bits per heavy atom. The number of aliphatic hydroxyl groups excluding tert-OH is 2. The number of aliphatic hydroxyl groups is 2. The van der Waals surface area contributed by atoms with Crippen molar-refractivity contribution in [2.75, 3.05) is 13.2 Å². The third-order valence-corrected chi connectivity index (χ3v) is 3.85. The molecule has 19 heavy (non-hydrogen) atoms. The fourth-order valence-corrected chi connectivity index (χ4v) is 2.39. The van der Waals surface area contributed by atoms with Gasteiger partial charge < -0.3 is 15.5 Å². The molecule has 0 radical (unpaired) electrons. The predicted molar refractivity (Wildman–Crippen MR) is 79.0 cm³/mol. The summed E-state index contributed by atoms with van der Waals surface area (Å²) in [5.41, 5.74) is 0.770. The lowest BCUT2D eigenvalue weighted by atomic mass is 9.88. The van der Waals surface area contributed by atoms with Crippen LogP contribution < -0.4 is 5.32 Å². The van der Waals surface area contributed by atoms with Crippen LogP contribution in [-0.2, 0) is 0 Å². The Balaban J connectivity index is 2.80. The molecule has 0 aliphatic carbocycles. The van der Waals surface area contributed by atoms with Crippen LogP contribution >= 0.6 is 0 Å². The van der Waals surface area contributed by atoms with E-state index in [1.54, 1.807) is 0 Å². The van der Waals surface area contributed by atoms with Crippen molar-refractivity contribution in [1.82, 2.24) is 5.32 Å². The first kappa shape index (κ1) is 16.2. The van der Waals surface area contributed by atoms with Gasteiger partial charge in [-0.25, -0.2) is 0 Å². The minimum Gasteiger partial charge on any atom is -0.394 e. The highest BCUT2D eigenvalue weighted by atomic mass is 16.3. The highest BCUT2D eigenvalue weighted by molar-refractivity contribution is 5.19. The van der Waals surface area contributed by atoms with Crippen LogP contribution in [0.2, 0.25) is 0 Å². The molecule has 0 saturated heterocycles. The van der Waals surface area contributed by atoms with Gasteiger partial charge in [0.2, 0.25) is 0 Å². The van der Waals surface area contributed by atoms with Gasteiger partial charge in [0.1, 0.15) is 0 Å². The molecular formula is C16H27NO2. The van der Waals surface area contributed by atoms with E-state index in [0.717, 1.165) is 31.2 Å². The van der Waals surface area contributed by atoms with Gasteiger partial charge in [-0.15, -0.1) is 0 Å².